The lowest BCUT2D eigenvalue weighted by Crippen LogP contribution is -2.17. The molecule has 0 amide bonds. The zero-order valence-electron chi connectivity index (χ0n) is 14.6. The van der Waals surface area contributed by atoms with E-state index in [9.17, 15) is 4.79 Å². The molecule has 1 heterocycles. The fourth-order valence-electron chi connectivity index (χ4n) is 3.00. The van der Waals surface area contributed by atoms with E-state index in [4.69, 9.17) is 11.6 Å². The summed E-state index contributed by atoms with van der Waals surface area (Å²) in [5.41, 5.74) is 5.63. The highest BCUT2D eigenvalue weighted by Gasteiger charge is 2.11. The molecule has 0 aliphatic rings. The van der Waals surface area contributed by atoms with Crippen molar-refractivity contribution in [2.45, 2.75) is 6.92 Å². The summed E-state index contributed by atoms with van der Waals surface area (Å²) in [5.74, 6) is 0. The second kappa shape index (κ2) is 7.13. The van der Waals surface area contributed by atoms with Crippen LogP contribution in [-0.4, -0.2) is 16.0 Å². The molecular weight excluding hydrogens is 360 g/mol. The van der Waals surface area contributed by atoms with Gasteiger partial charge in [-0.15, -0.1) is 0 Å². The number of aromatic amines is 1. The van der Waals surface area contributed by atoms with Crippen LogP contribution in [0.2, 0.25) is 5.02 Å². The summed E-state index contributed by atoms with van der Waals surface area (Å²) in [6.07, 6.45) is 1.54. The van der Waals surface area contributed by atoms with Crippen molar-refractivity contribution < 1.29 is 0 Å². The summed E-state index contributed by atoms with van der Waals surface area (Å²) in [6, 6.07) is 21.1. The number of hydrazone groups is 1. The van der Waals surface area contributed by atoms with Gasteiger partial charge in [0.05, 0.1) is 23.2 Å². The van der Waals surface area contributed by atoms with Crippen LogP contribution in [-0.2, 0) is 0 Å². The molecule has 3 aromatic carbocycles. The molecule has 1 aromatic heterocycles. The van der Waals surface area contributed by atoms with Crippen molar-refractivity contribution in [1.82, 2.24) is 9.78 Å². The lowest BCUT2D eigenvalue weighted by atomic mass is 10.1. The molecule has 134 valence electrons. The summed E-state index contributed by atoms with van der Waals surface area (Å²) < 4.78 is 1.46. The third-order valence-electron chi connectivity index (χ3n) is 4.35. The van der Waals surface area contributed by atoms with Crippen LogP contribution < -0.4 is 11.0 Å². The highest BCUT2D eigenvalue weighted by atomic mass is 35.5. The number of aromatic nitrogens is 2. The number of H-pyrrole nitrogens is 1. The fraction of sp³-hybridized carbons (Fsp3) is 0.0476. The monoisotopic (exact) mass is 376 g/mol. The van der Waals surface area contributed by atoms with Crippen LogP contribution in [0.25, 0.3) is 16.5 Å². The summed E-state index contributed by atoms with van der Waals surface area (Å²) in [5, 5.41) is 10.1. The van der Waals surface area contributed by atoms with E-state index in [1.165, 1.54) is 10.9 Å². The van der Waals surface area contributed by atoms with Gasteiger partial charge < -0.3 is 0 Å². The summed E-state index contributed by atoms with van der Waals surface area (Å²) in [6.45, 7) is 1.84. The van der Waals surface area contributed by atoms with E-state index in [1.807, 2.05) is 55.5 Å². The summed E-state index contributed by atoms with van der Waals surface area (Å²) in [7, 11) is 0. The van der Waals surface area contributed by atoms with Gasteiger partial charge in [-0.25, -0.2) is 4.68 Å². The number of nitrogens with one attached hydrogen (secondary N) is 2. The molecule has 0 saturated carbocycles. The van der Waals surface area contributed by atoms with Crippen molar-refractivity contribution in [2.75, 3.05) is 5.43 Å². The lowest BCUT2D eigenvalue weighted by Gasteiger charge is -2.04. The van der Waals surface area contributed by atoms with E-state index in [2.05, 4.69) is 15.6 Å². The number of hydrogen-bond acceptors (Lipinski definition) is 3. The zero-order chi connectivity index (χ0) is 18.8. The molecule has 0 fully saturated rings. The molecule has 0 spiro atoms. The number of anilines is 1. The SMILES string of the molecule is Cc1[nH]n(-c2cccc(Cl)c2)c(=O)c1/C=N/Nc1cccc2ccccc12. The highest BCUT2D eigenvalue weighted by Crippen LogP contribution is 2.22. The van der Waals surface area contributed by atoms with Gasteiger partial charge in [-0.1, -0.05) is 54.1 Å². The van der Waals surface area contributed by atoms with E-state index < -0.39 is 0 Å². The molecule has 0 atom stereocenters. The molecule has 6 heteroatoms. The van der Waals surface area contributed by atoms with Gasteiger partial charge in [-0.2, -0.15) is 5.10 Å². The van der Waals surface area contributed by atoms with Crippen molar-refractivity contribution in [3.05, 3.63) is 93.4 Å². The number of benzene rings is 3. The predicted octanol–water partition coefficient (Wildman–Crippen LogP) is 4.73. The Balaban J connectivity index is 1.64. The predicted molar refractivity (Wildman–Crippen MR) is 111 cm³/mol. The quantitative estimate of drug-likeness (QED) is 0.399. The Kier molecular flexibility index (Phi) is 4.52. The minimum absolute atomic E-state index is 0.182. The minimum Gasteiger partial charge on any atom is -0.295 e. The first-order valence-corrected chi connectivity index (χ1v) is 8.86. The van der Waals surface area contributed by atoms with Crippen LogP contribution in [0.3, 0.4) is 0 Å². The second-order valence-corrected chi connectivity index (χ2v) is 6.60. The largest absolute Gasteiger partial charge is 0.295 e. The third kappa shape index (κ3) is 3.37. The lowest BCUT2D eigenvalue weighted by molar-refractivity contribution is 0.835. The summed E-state index contributed by atoms with van der Waals surface area (Å²) >= 11 is 6.03. The first kappa shape index (κ1) is 17.1. The Morgan fingerprint density at radius 3 is 2.70 bits per heavy atom. The zero-order valence-corrected chi connectivity index (χ0v) is 15.4. The van der Waals surface area contributed by atoms with Crippen LogP contribution in [0, 0.1) is 6.92 Å². The Morgan fingerprint density at radius 2 is 1.85 bits per heavy atom. The number of hydrogen-bond donors (Lipinski definition) is 2. The van der Waals surface area contributed by atoms with Crippen molar-refractivity contribution in [1.29, 1.82) is 0 Å². The van der Waals surface area contributed by atoms with Gasteiger partial charge in [-0.3, -0.25) is 15.3 Å². The van der Waals surface area contributed by atoms with Crippen molar-refractivity contribution in [2.24, 2.45) is 5.10 Å². The highest BCUT2D eigenvalue weighted by molar-refractivity contribution is 6.30. The average molecular weight is 377 g/mol. The van der Waals surface area contributed by atoms with Gasteiger partial charge in [0.2, 0.25) is 0 Å². The van der Waals surface area contributed by atoms with Crippen LogP contribution in [0.4, 0.5) is 5.69 Å². The molecule has 4 aromatic rings. The number of rotatable bonds is 4. The molecule has 0 unspecified atom stereocenters. The Hall–Kier alpha value is -3.31. The minimum atomic E-state index is -0.182. The van der Waals surface area contributed by atoms with Crippen molar-refractivity contribution >= 4 is 34.3 Å². The Bertz CT molecular complexity index is 1200. The molecular formula is C21H17ClN4O. The molecule has 2 N–H and O–H groups in total. The number of halogens is 1. The molecule has 0 saturated heterocycles. The van der Waals surface area contributed by atoms with Gasteiger partial charge in [0, 0.05) is 16.1 Å². The topological polar surface area (TPSA) is 62.2 Å². The molecule has 0 radical (unpaired) electrons. The summed E-state index contributed by atoms with van der Waals surface area (Å²) in [4.78, 5) is 12.7. The van der Waals surface area contributed by atoms with Gasteiger partial charge >= 0.3 is 0 Å². The van der Waals surface area contributed by atoms with Crippen molar-refractivity contribution in [3.8, 4) is 5.69 Å². The number of fused-ring (bicyclic) bond motifs is 1. The molecule has 27 heavy (non-hydrogen) atoms. The van der Waals surface area contributed by atoms with Crippen LogP contribution in [0.1, 0.15) is 11.3 Å². The van der Waals surface area contributed by atoms with E-state index in [0.717, 1.165) is 22.2 Å². The van der Waals surface area contributed by atoms with Crippen LogP contribution >= 0.6 is 11.6 Å². The smallest absolute Gasteiger partial charge is 0.280 e. The van der Waals surface area contributed by atoms with Crippen molar-refractivity contribution in [3.63, 3.8) is 0 Å². The fourth-order valence-corrected chi connectivity index (χ4v) is 3.18. The third-order valence-corrected chi connectivity index (χ3v) is 4.59. The molecule has 0 bridgehead atoms. The first-order valence-electron chi connectivity index (χ1n) is 8.48. The van der Waals surface area contributed by atoms with Gasteiger partial charge in [-0.05, 0) is 36.6 Å². The molecule has 0 aliphatic carbocycles. The normalized spacial score (nSPS) is 11.3. The van der Waals surface area contributed by atoms with E-state index in [0.29, 0.717) is 16.3 Å². The van der Waals surface area contributed by atoms with Gasteiger partial charge in [0.1, 0.15) is 0 Å². The molecule has 0 aliphatic heterocycles. The standard InChI is InChI=1S/C21H17ClN4O/c1-14-19(21(27)26(25-14)17-9-5-8-16(22)12-17)13-23-24-20-11-4-7-15-6-2-3-10-18(15)20/h2-13,24-25H,1H3/b23-13+. The molecule has 5 nitrogen and oxygen atoms in total. The van der Waals surface area contributed by atoms with Gasteiger partial charge in [0.15, 0.2) is 0 Å². The Morgan fingerprint density at radius 1 is 1.07 bits per heavy atom. The molecule has 4 rings (SSSR count). The average Bonchev–Trinajstić information content (AvgIpc) is 2.96. The van der Waals surface area contributed by atoms with E-state index in [1.54, 1.807) is 18.2 Å². The Labute approximate surface area is 160 Å². The van der Waals surface area contributed by atoms with Gasteiger partial charge in [0.25, 0.3) is 5.56 Å². The first-order chi connectivity index (χ1) is 13.1. The number of aryl methyl sites for hydroxylation is 1. The second-order valence-electron chi connectivity index (χ2n) is 6.17. The maximum atomic E-state index is 12.7. The maximum Gasteiger partial charge on any atom is 0.280 e. The van der Waals surface area contributed by atoms with E-state index in [-0.39, 0.29) is 5.56 Å². The number of nitrogens with zero attached hydrogens (tertiary/aromatic N) is 2. The maximum absolute atomic E-state index is 12.7. The van der Waals surface area contributed by atoms with Crippen LogP contribution in [0.15, 0.2) is 76.6 Å². The van der Waals surface area contributed by atoms with E-state index >= 15 is 0 Å². The van der Waals surface area contributed by atoms with Crippen LogP contribution in [0.5, 0.6) is 0 Å².